The molecule has 60 valence electrons. The number of aliphatic hydroxyl groups excluding tert-OH is 1. The highest BCUT2D eigenvalue weighted by Gasteiger charge is 2.28. The van der Waals surface area contributed by atoms with Gasteiger partial charge in [-0.15, -0.1) is 11.8 Å². The van der Waals surface area contributed by atoms with E-state index in [1.54, 1.807) is 6.21 Å². The third kappa shape index (κ3) is 1.35. The van der Waals surface area contributed by atoms with Crippen molar-refractivity contribution in [3.63, 3.8) is 0 Å². The van der Waals surface area contributed by atoms with Crippen LogP contribution in [0.2, 0.25) is 0 Å². The molecule has 2 nitrogen and oxygen atoms in total. The molecule has 2 rings (SSSR count). The number of thioether (sulfide) groups is 1. The van der Waals surface area contributed by atoms with Crippen LogP contribution in [0, 0.1) is 5.92 Å². The smallest absolute Gasteiger partial charge is 0.0664 e. The van der Waals surface area contributed by atoms with E-state index in [-0.39, 0.29) is 6.10 Å². The van der Waals surface area contributed by atoms with E-state index in [4.69, 9.17) is 0 Å². The summed E-state index contributed by atoms with van der Waals surface area (Å²) in [5.74, 6) is 1.52. The first-order valence-electron chi connectivity index (χ1n) is 3.90. The van der Waals surface area contributed by atoms with Crippen LogP contribution in [-0.2, 0) is 0 Å². The first kappa shape index (κ1) is 7.37. The molecule has 2 heterocycles. The lowest BCUT2D eigenvalue weighted by molar-refractivity contribution is 0.138. The van der Waals surface area contributed by atoms with E-state index in [9.17, 15) is 5.11 Å². The van der Waals surface area contributed by atoms with E-state index < -0.39 is 0 Å². The number of nitrogens with zero attached hydrogens (tertiary/aromatic N) is 1. The van der Waals surface area contributed by atoms with Gasteiger partial charge < -0.3 is 5.11 Å². The molecule has 1 saturated heterocycles. The van der Waals surface area contributed by atoms with Crippen molar-refractivity contribution >= 4 is 18.0 Å². The molecule has 3 heteroatoms. The Balaban J connectivity index is 2.22. The van der Waals surface area contributed by atoms with Crippen molar-refractivity contribution in [1.29, 1.82) is 0 Å². The molecule has 0 aromatic heterocycles. The molecule has 0 radical (unpaired) electrons. The quantitative estimate of drug-likeness (QED) is 0.594. The molecule has 0 aromatic rings. The minimum absolute atomic E-state index is 0.192. The Morgan fingerprint density at radius 3 is 3.45 bits per heavy atom. The first-order valence-corrected chi connectivity index (χ1v) is 4.89. The summed E-state index contributed by atoms with van der Waals surface area (Å²) in [5, 5.41) is 9.61. The highest BCUT2D eigenvalue weighted by atomic mass is 32.2. The van der Waals surface area contributed by atoms with Crippen LogP contribution in [-0.4, -0.2) is 23.2 Å². The number of rotatable bonds is 0. The normalized spacial score (nSPS) is 36.3. The van der Waals surface area contributed by atoms with Gasteiger partial charge in [-0.05, 0) is 12.2 Å². The third-order valence-electron chi connectivity index (χ3n) is 2.18. The van der Waals surface area contributed by atoms with Gasteiger partial charge in [-0.2, -0.15) is 0 Å². The van der Waals surface area contributed by atoms with Crippen LogP contribution in [0.1, 0.15) is 12.8 Å². The SMILES string of the molecule is OC1CC=NC=C2SCCC21. The summed E-state index contributed by atoms with van der Waals surface area (Å²) in [6.45, 7) is 0. The van der Waals surface area contributed by atoms with Crippen LogP contribution in [0.3, 0.4) is 0 Å². The van der Waals surface area contributed by atoms with Gasteiger partial charge in [-0.1, -0.05) is 0 Å². The van der Waals surface area contributed by atoms with E-state index in [1.165, 1.54) is 4.91 Å². The number of aliphatic imine (C=N–C) groups is 1. The van der Waals surface area contributed by atoms with Gasteiger partial charge in [0.25, 0.3) is 0 Å². The summed E-state index contributed by atoms with van der Waals surface area (Å²) in [6.07, 6.45) is 5.34. The summed E-state index contributed by atoms with van der Waals surface area (Å²) >= 11 is 1.83. The fraction of sp³-hybridized carbons (Fsp3) is 0.625. The van der Waals surface area contributed by atoms with Gasteiger partial charge in [0.05, 0.1) is 6.10 Å². The molecule has 11 heavy (non-hydrogen) atoms. The molecule has 0 aliphatic carbocycles. The van der Waals surface area contributed by atoms with Crippen molar-refractivity contribution in [3.8, 4) is 0 Å². The van der Waals surface area contributed by atoms with E-state index in [2.05, 4.69) is 4.99 Å². The highest BCUT2D eigenvalue weighted by Crippen LogP contribution is 2.39. The van der Waals surface area contributed by atoms with Gasteiger partial charge in [-0.25, -0.2) is 0 Å². The molecule has 0 bridgehead atoms. The van der Waals surface area contributed by atoms with Crippen molar-refractivity contribution in [2.24, 2.45) is 10.9 Å². The summed E-state index contributed by atoms with van der Waals surface area (Å²) in [4.78, 5) is 5.37. The zero-order valence-electron chi connectivity index (χ0n) is 6.23. The van der Waals surface area contributed by atoms with Crippen LogP contribution in [0.15, 0.2) is 16.1 Å². The summed E-state index contributed by atoms with van der Waals surface area (Å²) in [5.41, 5.74) is 0. The lowest BCUT2D eigenvalue weighted by atomic mass is 9.98. The topological polar surface area (TPSA) is 32.6 Å². The van der Waals surface area contributed by atoms with Crippen molar-refractivity contribution in [3.05, 3.63) is 11.1 Å². The largest absolute Gasteiger partial charge is 0.392 e. The maximum atomic E-state index is 9.61. The van der Waals surface area contributed by atoms with Gasteiger partial charge in [0.15, 0.2) is 0 Å². The number of hydrogen-bond donors (Lipinski definition) is 1. The minimum atomic E-state index is -0.192. The van der Waals surface area contributed by atoms with Crippen molar-refractivity contribution in [2.75, 3.05) is 5.75 Å². The Kier molecular flexibility index (Phi) is 2.00. The Hall–Kier alpha value is -0.280. The number of hydrogen-bond acceptors (Lipinski definition) is 3. The Labute approximate surface area is 70.4 Å². The second kappa shape index (κ2) is 2.99. The molecular weight excluding hydrogens is 158 g/mol. The molecule has 0 amide bonds. The first-order chi connectivity index (χ1) is 5.38. The summed E-state index contributed by atoms with van der Waals surface area (Å²) in [6, 6.07) is 0. The van der Waals surface area contributed by atoms with Gasteiger partial charge in [0.2, 0.25) is 0 Å². The fourth-order valence-electron chi connectivity index (χ4n) is 1.53. The second-order valence-corrected chi connectivity index (χ2v) is 4.08. The molecule has 0 spiro atoms. The standard InChI is InChI=1S/C8H11NOS/c10-7-1-3-9-5-8-6(7)2-4-11-8/h3,5-7,10H,1-2,4H2. The lowest BCUT2D eigenvalue weighted by Crippen LogP contribution is -2.18. The molecule has 1 fully saturated rings. The Bertz CT molecular complexity index is 212. The molecule has 2 unspecified atom stereocenters. The van der Waals surface area contributed by atoms with Crippen LogP contribution in [0.25, 0.3) is 0 Å². The molecule has 2 aliphatic rings. The zero-order valence-corrected chi connectivity index (χ0v) is 7.05. The average Bonchev–Trinajstić information content (AvgIpc) is 2.40. The van der Waals surface area contributed by atoms with Crippen LogP contribution < -0.4 is 0 Å². The van der Waals surface area contributed by atoms with Crippen LogP contribution in [0.4, 0.5) is 0 Å². The molecule has 0 aromatic carbocycles. The molecule has 2 atom stereocenters. The predicted molar refractivity (Wildman–Crippen MR) is 47.8 cm³/mol. The lowest BCUT2D eigenvalue weighted by Gasteiger charge is -2.14. The monoisotopic (exact) mass is 169 g/mol. The maximum Gasteiger partial charge on any atom is 0.0664 e. The zero-order chi connectivity index (χ0) is 7.68. The van der Waals surface area contributed by atoms with Gasteiger partial charge >= 0.3 is 0 Å². The maximum absolute atomic E-state index is 9.61. The molecule has 2 aliphatic heterocycles. The van der Waals surface area contributed by atoms with Crippen molar-refractivity contribution < 1.29 is 5.11 Å². The average molecular weight is 169 g/mol. The van der Waals surface area contributed by atoms with E-state index >= 15 is 0 Å². The van der Waals surface area contributed by atoms with Gasteiger partial charge in [0.1, 0.15) is 0 Å². The molecule has 1 N–H and O–H groups in total. The molecule has 0 saturated carbocycles. The highest BCUT2D eigenvalue weighted by molar-refractivity contribution is 8.03. The van der Waals surface area contributed by atoms with Gasteiger partial charge in [-0.3, -0.25) is 4.99 Å². The number of fused-ring (bicyclic) bond motifs is 1. The second-order valence-electron chi connectivity index (χ2n) is 2.91. The third-order valence-corrected chi connectivity index (χ3v) is 3.36. The van der Waals surface area contributed by atoms with E-state index in [0.29, 0.717) is 12.3 Å². The van der Waals surface area contributed by atoms with Crippen LogP contribution >= 0.6 is 11.8 Å². The van der Waals surface area contributed by atoms with Gasteiger partial charge in [0, 0.05) is 29.7 Å². The Morgan fingerprint density at radius 1 is 1.64 bits per heavy atom. The van der Waals surface area contributed by atoms with Crippen LogP contribution in [0.5, 0.6) is 0 Å². The van der Waals surface area contributed by atoms with Crippen molar-refractivity contribution in [1.82, 2.24) is 0 Å². The summed E-state index contributed by atoms with van der Waals surface area (Å²) in [7, 11) is 0. The Morgan fingerprint density at radius 2 is 2.55 bits per heavy atom. The fourth-order valence-corrected chi connectivity index (χ4v) is 2.76. The minimum Gasteiger partial charge on any atom is -0.392 e. The molecular formula is C8H11NOS. The number of aliphatic hydroxyl groups is 1. The summed E-state index contributed by atoms with van der Waals surface area (Å²) < 4.78 is 0. The predicted octanol–water partition coefficient (Wildman–Crippen LogP) is 1.42. The van der Waals surface area contributed by atoms with E-state index in [0.717, 1.165) is 12.2 Å². The van der Waals surface area contributed by atoms with E-state index in [1.807, 2.05) is 18.0 Å². The van der Waals surface area contributed by atoms with Crippen molar-refractivity contribution in [2.45, 2.75) is 18.9 Å².